The van der Waals surface area contributed by atoms with Crippen LogP contribution in [0.2, 0.25) is 5.02 Å². The van der Waals surface area contributed by atoms with Gasteiger partial charge < -0.3 is 4.74 Å². The Labute approximate surface area is 115 Å². The molecule has 2 nitrogen and oxygen atoms in total. The molecule has 0 amide bonds. The van der Waals surface area contributed by atoms with E-state index in [4.69, 9.17) is 16.3 Å². The number of carbonyl (C=O) groups is 1. The second-order valence-electron chi connectivity index (χ2n) is 4.14. The quantitative estimate of drug-likeness (QED) is 0.789. The number of hydrogen-bond acceptors (Lipinski definition) is 2. The van der Waals surface area contributed by atoms with E-state index in [1.54, 1.807) is 43.3 Å². The van der Waals surface area contributed by atoms with Crippen molar-refractivity contribution in [2.24, 2.45) is 0 Å². The molecule has 19 heavy (non-hydrogen) atoms. The lowest BCUT2D eigenvalue weighted by atomic mass is 10.1. The molecule has 0 N–H and O–H groups in total. The van der Waals surface area contributed by atoms with Gasteiger partial charge in [0.25, 0.3) is 0 Å². The summed E-state index contributed by atoms with van der Waals surface area (Å²) in [6.07, 6.45) is 0. The van der Waals surface area contributed by atoms with Crippen LogP contribution in [0.15, 0.2) is 42.5 Å². The predicted molar refractivity (Wildman–Crippen MR) is 71.7 cm³/mol. The van der Waals surface area contributed by atoms with Crippen molar-refractivity contribution in [3.63, 3.8) is 0 Å². The van der Waals surface area contributed by atoms with Crippen LogP contribution in [-0.2, 0) is 11.3 Å². The largest absolute Gasteiger partial charge is 0.457 e. The molecule has 0 heterocycles. The fourth-order valence-electron chi connectivity index (χ4n) is 1.66. The van der Waals surface area contributed by atoms with Gasteiger partial charge in [0.2, 0.25) is 0 Å². The van der Waals surface area contributed by atoms with E-state index in [1.165, 1.54) is 6.07 Å². The summed E-state index contributed by atoms with van der Waals surface area (Å²) >= 11 is 5.82. The summed E-state index contributed by atoms with van der Waals surface area (Å²) in [5.74, 6) is -1.22. The van der Waals surface area contributed by atoms with E-state index in [0.717, 1.165) is 5.56 Å². The van der Waals surface area contributed by atoms with Gasteiger partial charge in [-0.1, -0.05) is 35.9 Å². The van der Waals surface area contributed by atoms with Crippen LogP contribution in [0, 0.1) is 12.7 Å². The molecule has 2 aromatic carbocycles. The minimum absolute atomic E-state index is 0.0537. The molecule has 0 spiro atoms. The number of benzene rings is 2. The summed E-state index contributed by atoms with van der Waals surface area (Å²) in [6, 6.07) is 11.6. The van der Waals surface area contributed by atoms with Crippen LogP contribution in [0.3, 0.4) is 0 Å². The van der Waals surface area contributed by atoms with Gasteiger partial charge in [-0.3, -0.25) is 0 Å². The van der Waals surface area contributed by atoms with Crippen molar-refractivity contribution in [2.45, 2.75) is 13.5 Å². The number of esters is 1. The van der Waals surface area contributed by atoms with Crippen molar-refractivity contribution in [1.82, 2.24) is 0 Å². The molecule has 2 rings (SSSR count). The molecule has 0 unspecified atom stereocenters. The molecule has 0 radical (unpaired) electrons. The average Bonchev–Trinajstić information content (AvgIpc) is 2.39. The van der Waals surface area contributed by atoms with Gasteiger partial charge >= 0.3 is 5.97 Å². The van der Waals surface area contributed by atoms with Crippen LogP contribution in [-0.4, -0.2) is 5.97 Å². The first-order valence-corrected chi connectivity index (χ1v) is 6.12. The van der Waals surface area contributed by atoms with Gasteiger partial charge in [-0.2, -0.15) is 0 Å². The van der Waals surface area contributed by atoms with Gasteiger partial charge in [-0.15, -0.1) is 0 Å². The third kappa shape index (κ3) is 3.32. The zero-order valence-corrected chi connectivity index (χ0v) is 11.1. The Morgan fingerprint density at radius 3 is 2.74 bits per heavy atom. The van der Waals surface area contributed by atoms with Crippen molar-refractivity contribution in [3.8, 4) is 0 Å². The van der Waals surface area contributed by atoms with Crippen molar-refractivity contribution in [1.29, 1.82) is 0 Å². The fraction of sp³-hybridized carbons (Fsp3) is 0.133. The van der Waals surface area contributed by atoms with E-state index < -0.39 is 11.8 Å². The number of rotatable bonds is 3. The molecule has 98 valence electrons. The van der Waals surface area contributed by atoms with Gasteiger partial charge in [0.15, 0.2) is 0 Å². The van der Waals surface area contributed by atoms with Crippen LogP contribution < -0.4 is 0 Å². The number of ether oxygens (including phenoxy) is 1. The van der Waals surface area contributed by atoms with Crippen LogP contribution in [0.4, 0.5) is 4.39 Å². The monoisotopic (exact) mass is 278 g/mol. The van der Waals surface area contributed by atoms with Gasteiger partial charge in [0.05, 0.1) is 5.56 Å². The Morgan fingerprint density at radius 1 is 1.26 bits per heavy atom. The first kappa shape index (κ1) is 13.6. The minimum Gasteiger partial charge on any atom is -0.457 e. The maximum absolute atomic E-state index is 13.7. The third-order valence-electron chi connectivity index (χ3n) is 2.67. The highest BCUT2D eigenvalue weighted by atomic mass is 35.5. The Hall–Kier alpha value is -1.87. The Kier molecular flexibility index (Phi) is 4.17. The Balaban J connectivity index is 2.08. The molecule has 0 fully saturated rings. The van der Waals surface area contributed by atoms with Gasteiger partial charge in [-0.25, -0.2) is 9.18 Å². The van der Waals surface area contributed by atoms with Gasteiger partial charge in [0, 0.05) is 5.02 Å². The van der Waals surface area contributed by atoms with E-state index in [1.807, 2.05) is 0 Å². The maximum atomic E-state index is 13.7. The van der Waals surface area contributed by atoms with Crippen LogP contribution in [0.25, 0.3) is 0 Å². The summed E-state index contributed by atoms with van der Waals surface area (Å²) < 4.78 is 18.8. The first-order chi connectivity index (χ1) is 9.08. The Morgan fingerprint density at radius 2 is 2.00 bits per heavy atom. The van der Waals surface area contributed by atoms with Gasteiger partial charge in [-0.05, 0) is 36.2 Å². The van der Waals surface area contributed by atoms with Crippen LogP contribution in [0.1, 0.15) is 21.5 Å². The second kappa shape index (κ2) is 5.85. The zero-order valence-electron chi connectivity index (χ0n) is 10.3. The normalized spacial score (nSPS) is 10.3. The molecule has 0 aliphatic heterocycles. The molecule has 0 aromatic heterocycles. The lowest BCUT2D eigenvalue weighted by molar-refractivity contribution is 0.0467. The second-order valence-corrected chi connectivity index (χ2v) is 4.58. The number of aryl methyl sites for hydroxylation is 1. The summed E-state index contributed by atoms with van der Waals surface area (Å²) in [5, 5.41) is 0.565. The molecular formula is C15H12ClFO2. The molecule has 0 aliphatic rings. The summed E-state index contributed by atoms with van der Waals surface area (Å²) in [4.78, 5) is 11.8. The highest BCUT2D eigenvalue weighted by molar-refractivity contribution is 6.30. The number of hydrogen-bond donors (Lipinski definition) is 0. The van der Waals surface area contributed by atoms with Crippen molar-refractivity contribution >= 4 is 17.6 Å². The number of carbonyl (C=O) groups excluding carboxylic acids is 1. The molecule has 0 saturated heterocycles. The smallest absolute Gasteiger partial charge is 0.341 e. The molecule has 0 bridgehead atoms. The highest BCUT2D eigenvalue weighted by Crippen LogP contribution is 2.15. The van der Waals surface area contributed by atoms with Crippen molar-refractivity contribution < 1.29 is 13.9 Å². The fourth-order valence-corrected chi connectivity index (χ4v) is 1.87. The summed E-state index contributed by atoms with van der Waals surface area (Å²) in [6.45, 7) is 1.66. The Bertz CT molecular complexity index is 611. The van der Waals surface area contributed by atoms with E-state index in [0.29, 0.717) is 10.6 Å². The van der Waals surface area contributed by atoms with E-state index in [9.17, 15) is 9.18 Å². The first-order valence-electron chi connectivity index (χ1n) is 5.74. The summed E-state index contributed by atoms with van der Waals surface area (Å²) in [5.41, 5.74) is 1.12. The predicted octanol–water partition coefficient (Wildman–Crippen LogP) is 4.14. The minimum atomic E-state index is -0.679. The average molecular weight is 279 g/mol. The molecule has 0 saturated carbocycles. The van der Waals surface area contributed by atoms with E-state index in [2.05, 4.69) is 0 Å². The zero-order chi connectivity index (χ0) is 13.8. The molecular weight excluding hydrogens is 267 g/mol. The number of halogens is 2. The lowest BCUT2D eigenvalue weighted by Crippen LogP contribution is -2.08. The summed E-state index contributed by atoms with van der Waals surface area (Å²) in [7, 11) is 0. The standard InChI is InChI=1S/C15H12ClFO2/c1-10-4-2-7-13(14(10)17)15(18)19-9-11-5-3-6-12(16)8-11/h2-8H,9H2,1H3. The SMILES string of the molecule is Cc1cccc(C(=O)OCc2cccc(Cl)c2)c1F. The van der Waals surface area contributed by atoms with Crippen LogP contribution >= 0.6 is 11.6 Å². The van der Waals surface area contributed by atoms with E-state index >= 15 is 0 Å². The third-order valence-corrected chi connectivity index (χ3v) is 2.91. The maximum Gasteiger partial charge on any atom is 0.341 e. The molecule has 0 atom stereocenters. The van der Waals surface area contributed by atoms with E-state index in [-0.39, 0.29) is 12.2 Å². The van der Waals surface area contributed by atoms with Gasteiger partial charge in [0.1, 0.15) is 12.4 Å². The highest BCUT2D eigenvalue weighted by Gasteiger charge is 2.14. The van der Waals surface area contributed by atoms with Crippen molar-refractivity contribution in [3.05, 3.63) is 70.0 Å². The lowest BCUT2D eigenvalue weighted by Gasteiger charge is -2.07. The molecule has 0 aliphatic carbocycles. The topological polar surface area (TPSA) is 26.3 Å². The molecule has 2 aromatic rings. The van der Waals surface area contributed by atoms with Crippen molar-refractivity contribution in [2.75, 3.05) is 0 Å². The molecule has 4 heteroatoms. The van der Waals surface area contributed by atoms with Crippen LogP contribution in [0.5, 0.6) is 0 Å².